The third-order valence-corrected chi connectivity index (χ3v) is 5.06. The Morgan fingerprint density at radius 1 is 1.15 bits per heavy atom. The van der Waals surface area contributed by atoms with Crippen molar-refractivity contribution in [2.45, 2.75) is 40.0 Å². The van der Waals surface area contributed by atoms with E-state index in [4.69, 9.17) is 4.74 Å². The van der Waals surface area contributed by atoms with Gasteiger partial charge in [-0.2, -0.15) is 0 Å². The number of aryl methyl sites for hydroxylation is 2. The Morgan fingerprint density at radius 2 is 1.92 bits per heavy atom. The summed E-state index contributed by atoms with van der Waals surface area (Å²) in [5, 5.41) is 2.63. The van der Waals surface area contributed by atoms with Gasteiger partial charge in [0.05, 0.1) is 0 Å². The lowest BCUT2D eigenvalue weighted by molar-refractivity contribution is -0.119. The first kappa shape index (κ1) is 19.8. The summed E-state index contributed by atoms with van der Waals surface area (Å²) in [6.45, 7) is 5.24. The first-order valence-electron chi connectivity index (χ1n) is 8.64. The van der Waals surface area contributed by atoms with Crippen molar-refractivity contribution < 1.29 is 19.1 Å². The summed E-state index contributed by atoms with van der Waals surface area (Å²) < 4.78 is 5.12. The van der Waals surface area contributed by atoms with Gasteiger partial charge in [-0.25, -0.2) is 4.79 Å². The van der Waals surface area contributed by atoms with Crippen LogP contribution in [0.15, 0.2) is 30.3 Å². The van der Waals surface area contributed by atoms with Crippen molar-refractivity contribution in [2.24, 2.45) is 0 Å². The Bertz CT molecular complexity index is 810. The maximum absolute atomic E-state index is 12.2. The van der Waals surface area contributed by atoms with E-state index in [1.165, 1.54) is 23.1 Å². The van der Waals surface area contributed by atoms with Crippen LogP contribution in [0.2, 0.25) is 0 Å². The molecule has 0 spiro atoms. The average Bonchev–Trinajstić information content (AvgIpc) is 3.03. The number of Topliss-reactive ketones (excluding diaryl/α,β-unsaturated/α-hetero) is 1. The molecule has 2 aromatic rings. The zero-order chi connectivity index (χ0) is 19.1. The van der Waals surface area contributed by atoms with Crippen LogP contribution < -0.4 is 5.32 Å². The van der Waals surface area contributed by atoms with Crippen molar-refractivity contribution in [3.8, 4) is 0 Å². The third-order valence-electron chi connectivity index (χ3n) is 3.84. The number of ether oxygens (including phenoxy) is 1. The summed E-state index contributed by atoms with van der Waals surface area (Å²) in [7, 11) is 0. The SMILES string of the molecule is CCCc1sc(C(=O)OCC(=O)Nc2cccc(C(C)=O)c2)cc1CC. The Morgan fingerprint density at radius 3 is 2.58 bits per heavy atom. The van der Waals surface area contributed by atoms with E-state index in [2.05, 4.69) is 19.2 Å². The number of carbonyl (C=O) groups is 3. The molecule has 0 aliphatic carbocycles. The molecule has 0 atom stereocenters. The van der Waals surface area contributed by atoms with Crippen LogP contribution in [-0.4, -0.2) is 24.3 Å². The number of carbonyl (C=O) groups excluding carboxylic acids is 3. The number of ketones is 1. The molecule has 1 N–H and O–H groups in total. The number of anilines is 1. The summed E-state index contributed by atoms with van der Waals surface area (Å²) in [4.78, 5) is 37.3. The van der Waals surface area contributed by atoms with Crippen molar-refractivity contribution >= 4 is 34.7 Å². The second-order valence-corrected chi connectivity index (χ2v) is 7.06. The molecule has 0 aliphatic heterocycles. The van der Waals surface area contributed by atoms with Crippen LogP contribution in [0.1, 0.15) is 57.7 Å². The normalized spacial score (nSPS) is 10.4. The van der Waals surface area contributed by atoms with Gasteiger partial charge in [0.25, 0.3) is 5.91 Å². The molecule has 5 nitrogen and oxygen atoms in total. The van der Waals surface area contributed by atoms with E-state index in [-0.39, 0.29) is 12.4 Å². The van der Waals surface area contributed by atoms with Crippen LogP contribution >= 0.6 is 11.3 Å². The van der Waals surface area contributed by atoms with E-state index < -0.39 is 11.9 Å². The van der Waals surface area contributed by atoms with E-state index >= 15 is 0 Å². The van der Waals surface area contributed by atoms with E-state index in [0.29, 0.717) is 16.1 Å². The van der Waals surface area contributed by atoms with Crippen molar-refractivity contribution in [3.05, 3.63) is 51.2 Å². The zero-order valence-corrected chi connectivity index (χ0v) is 16.1. The molecule has 0 bridgehead atoms. The molecule has 0 saturated heterocycles. The van der Waals surface area contributed by atoms with Gasteiger partial charge in [-0.3, -0.25) is 9.59 Å². The minimum Gasteiger partial charge on any atom is -0.451 e. The molecule has 0 unspecified atom stereocenters. The number of esters is 1. The molecule has 138 valence electrons. The molecule has 0 aliphatic rings. The molecule has 6 heteroatoms. The molecule has 1 aromatic heterocycles. The minimum atomic E-state index is -0.486. The molecule has 26 heavy (non-hydrogen) atoms. The van der Waals surface area contributed by atoms with Crippen molar-refractivity contribution in [1.29, 1.82) is 0 Å². The molecular weight excluding hydrogens is 350 g/mol. The number of thiophene rings is 1. The Labute approximate surface area is 157 Å². The summed E-state index contributed by atoms with van der Waals surface area (Å²) in [5.41, 5.74) is 2.16. The first-order valence-corrected chi connectivity index (χ1v) is 9.45. The molecule has 0 fully saturated rings. The minimum absolute atomic E-state index is 0.0835. The van der Waals surface area contributed by atoms with Gasteiger partial charge in [0, 0.05) is 16.1 Å². The maximum Gasteiger partial charge on any atom is 0.348 e. The summed E-state index contributed by atoms with van der Waals surface area (Å²) in [6.07, 6.45) is 2.82. The third kappa shape index (κ3) is 5.26. The number of hydrogen-bond acceptors (Lipinski definition) is 5. The van der Waals surface area contributed by atoms with Crippen LogP contribution in [0.5, 0.6) is 0 Å². The van der Waals surface area contributed by atoms with Crippen LogP contribution in [0.25, 0.3) is 0 Å². The Kier molecular flexibility index (Phi) is 7.09. The number of amides is 1. The molecule has 0 saturated carbocycles. The summed E-state index contributed by atoms with van der Waals surface area (Å²) in [6, 6.07) is 8.48. The summed E-state index contributed by atoms with van der Waals surface area (Å²) >= 11 is 1.43. The fourth-order valence-electron chi connectivity index (χ4n) is 2.52. The van der Waals surface area contributed by atoms with Gasteiger partial charge in [-0.1, -0.05) is 32.4 Å². The van der Waals surface area contributed by atoms with E-state index in [1.807, 2.05) is 6.07 Å². The average molecular weight is 373 g/mol. The van der Waals surface area contributed by atoms with Crippen molar-refractivity contribution in [3.63, 3.8) is 0 Å². The lowest BCUT2D eigenvalue weighted by atomic mass is 10.1. The fraction of sp³-hybridized carbons (Fsp3) is 0.350. The van der Waals surface area contributed by atoms with Gasteiger partial charge in [-0.05, 0) is 43.5 Å². The van der Waals surface area contributed by atoms with E-state index in [9.17, 15) is 14.4 Å². The smallest absolute Gasteiger partial charge is 0.348 e. The first-order chi connectivity index (χ1) is 12.4. The lowest BCUT2D eigenvalue weighted by Crippen LogP contribution is -2.20. The molecule has 2 rings (SSSR count). The van der Waals surface area contributed by atoms with Crippen LogP contribution in [0.4, 0.5) is 5.69 Å². The van der Waals surface area contributed by atoms with E-state index in [0.717, 1.165) is 24.8 Å². The molecule has 1 heterocycles. The highest BCUT2D eigenvalue weighted by Crippen LogP contribution is 2.25. The van der Waals surface area contributed by atoms with Gasteiger partial charge in [0.2, 0.25) is 0 Å². The molecule has 1 amide bonds. The van der Waals surface area contributed by atoms with Gasteiger partial charge >= 0.3 is 5.97 Å². The van der Waals surface area contributed by atoms with E-state index in [1.54, 1.807) is 24.3 Å². The maximum atomic E-state index is 12.2. The predicted molar refractivity (Wildman–Crippen MR) is 103 cm³/mol. The van der Waals surface area contributed by atoms with Gasteiger partial charge in [0.1, 0.15) is 4.88 Å². The highest BCUT2D eigenvalue weighted by molar-refractivity contribution is 7.14. The fourth-order valence-corrected chi connectivity index (χ4v) is 3.77. The quantitative estimate of drug-likeness (QED) is 0.554. The highest BCUT2D eigenvalue weighted by atomic mass is 32.1. The topological polar surface area (TPSA) is 72.5 Å². The monoisotopic (exact) mass is 373 g/mol. The predicted octanol–water partition coefficient (Wildman–Crippen LogP) is 4.26. The molecular formula is C20H23NO4S. The molecule has 0 radical (unpaired) electrons. The number of hydrogen-bond donors (Lipinski definition) is 1. The second kappa shape index (κ2) is 9.29. The zero-order valence-electron chi connectivity index (χ0n) is 15.3. The molecule has 1 aromatic carbocycles. The second-order valence-electron chi connectivity index (χ2n) is 5.92. The van der Waals surface area contributed by atoms with Crippen LogP contribution in [0, 0.1) is 0 Å². The van der Waals surface area contributed by atoms with Crippen molar-refractivity contribution in [2.75, 3.05) is 11.9 Å². The van der Waals surface area contributed by atoms with Crippen molar-refractivity contribution in [1.82, 2.24) is 0 Å². The Hall–Kier alpha value is -2.47. The number of benzene rings is 1. The summed E-state index contributed by atoms with van der Waals surface area (Å²) in [5.74, 6) is -1.01. The largest absolute Gasteiger partial charge is 0.451 e. The van der Waals surface area contributed by atoms with Crippen LogP contribution in [0.3, 0.4) is 0 Å². The highest BCUT2D eigenvalue weighted by Gasteiger charge is 2.16. The van der Waals surface area contributed by atoms with Gasteiger partial charge in [-0.15, -0.1) is 11.3 Å². The van der Waals surface area contributed by atoms with Gasteiger partial charge < -0.3 is 10.1 Å². The number of rotatable bonds is 8. The van der Waals surface area contributed by atoms with Gasteiger partial charge in [0.15, 0.2) is 12.4 Å². The lowest BCUT2D eigenvalue weighted by Gasteiger charge is -2.07. The Balaban J connectivity index is 1.93. The van der Waals surface area contributed by atoms with Crippen LogP contribution in [-0.2, 0) is 22.4 Å². The standard InChI is InChI=1S/C20H23NO4S/c1-4-7-17-14(5-2)11-18(26-17)20(24)25-12-19(23)21-16-9-6-8-15(10-16)13(3)22/h6,8-11H,4-5,7,12H2,1-3H3,(H,21,23). The number of nitrogens with one attached hydrogen (secondary N) is 1.